The van der Waals surface area contributed by atoms with Crippen molar-refractivity contribution < 1.29 is 18.3 Å². The van der Waals surface area contributed by atoms with E-state index >= 15 is 0 Å². The van der Waals surface area contributed by atoms with Gasteiger partial charge in [-0.1, -0.05) is 26.0 Å². The maximum absolute atomic E-state index is 12.4. The molecular weight excluding hydrogens is 344 g/mol. The van der Waals surface area contributed by atoms with Crippen molar-refractivity contribution in [2.75, 3.05) is 18.4 Å². The van der Waals surface area contributed by atoms with E-state index in [1.54, 1.807) is 50.4 Å². The van der Waals surface area contributed by atoms with Crippen LogP contribution in [0.1, 0.15) is 19.4 Å². The highest BCUT2D eigenvalue weighted by Gasteiger charge is 2.22. The molecule has 0 aliphatic heterocycles. The van der Waals surface area contributed by atoms with Gasteiger partial charge in [0, 0.05) is 19.2 Å². The maximum atomic E-state index is 12.4. The lowest BCUT2D eigenvalue weighted by atomic mass is 10.2. The Labute approximate surface area is 146 Å². The second kappa shape index (κ2) is 8.04. The molecule has 1 heterocycles. The summed E-state index contributed by atoms with van der Waals surface area (Å²) < 4.78 is 26.3. The molecule has 0 saturated carbocycles. The average molecular weight is 365 g/mol. The van der Waals surface area contributed by atoms with Gasteiger partial charge in [-0.05, 0) is 23.8 Å². The molecule has 8 nitrogen and oxygen atoms in total. The number of hydrogen-bond donors (Lipinski definition) is 1. The van der Waals surface area contributed by atoms with Crippen LogP contribution in [0.2, 0.25) is 0 Å². The second-order valence-electron chi connectivity index (χ2n) is 5.27. The summed E-state index contributed by atoms with van der Waals surface area (Å²) in [4.78, 5) is 13.5. The van der Waals surface area contributed by atoms with Gasteiger partial charge in [0.25, 0.3) is 0 Å². The monoisotopic (exact) mass is 365 g/mol. The number of hydrogen-bond acceptors (Lipinski definition) is 5. The molecule has 0 amide bonds. The molecule has 0 atom stereocenters. The first-order chi connectivity index (χ1) is 11.9. The zero-order chi connectivity index (χ0) is 18.4. The molecule has 2 N–H and O–H groups in total. The first kappa shape index (κ1) is 18.8. The minimum Gasteiger partial charge on any atom is -0.264 e. The van der Waals surface area contributed by atoms with Crippen LogP contribution in [-0.4, -0.2) is 30.7 Å². The van der Waals surface area contributed by atoms with Crippen LogP contribution in [0, 0.1) is 10.1 Å². The number of sulfonamides is 1. The van der Waals surface area contributed by atoms with Crippen molar-refractivity contribution in [3.8, 4) is 0 Å². The number of anilines is 1. The Morgan fingerprint density at radius 1 is 1.16 bits per heavy atom. The van der Waals surface area contributed by atoms with Gasteiger partial charge in [-0.15, -0.1) is 0 Å². The van der Waals surface area contributed by atoms with Crippen molar-refractivity contribution in [3.05, 3.63) is 58.3 Å². The molecule has 1 aromatic carbocycles. The summed E-state index contributed by atoms with van der Waals surface area (Å²) in [5, 5.41) is 13.9. The summed E-state index contributed by atoms with van der Waals surface area (Å²) in [7, 11) is -3.49. The van der Waals surface area contributed by atoms with E-state index in [9.17, 15) is 18.5 Å². The van der Waals surface area contributed by atoms with E-state index in [4.69, 9.17) is 0 Å². The van der Waals surface area contributed by atoms with Crippen LogP contribution in [-0.2, 0) is 16.6 Å². The van der Waals surface area contributed by atoms with Crippen LogP contribution in [0.15, 0.2) is 47.5 Å². The van der Waals surface area contributed by atoms with Crippen LogP contribution in [0.5, 0.6) is 0 Å². The van der Waals surface area contributed by atoms with Gasteiger partial charge < -0.3 is 0 Å². The minimum absolute atomic E-state index is 0.0526. The molecule has 134 valence electrons. The zero-order valence-corrected chi connectivity index (χ0v) is 14.9. The van der Waals surface area contributed by atoms with E-state index in [0.29, 0.717) is 25.5 Å². The molecule has 0 radical (unpaired) electrons. The number of H-pyrrole nitrogens is 1. The fourth-order valence-electron chi connectivity index (χ4n) is 2.40. The summed E-state index contributed by atoms with van der Waals surface area (Å²) in [6.07, 6.45) is 1.59. The number of pyridine rings is 1. The highest BCUT2D eigenvalue weighted by Crippen LogP contribution is 2.19. The number of rotatable bonds is 8. The number of nitrogens with zero attached hydrogens (tertiary/aromatic N) is 2. The van der Waals surface area contributed by atoms with Crippen molar-refractivity contribution in [2.45, 2.75) is 25.3 Å². The molecule has 0 bridgehead atoms. The quantitative estimate of drug-likeness (QED) is 0.569. The zero-order valence-electron chi connectivity index (χ0n) is 14.1. The van der Waals surface area contributed by atoms with Gasteiger partial charge in [-0.3, -0.25) is 15.4 Å². The molecule has 1 aromatic heterocycles. The molecule has 0 aliphatic carbocycles. The first-order valence-electron chi connectivity index (χ1n) is 7.88. The summed E-state index contributed by atoms with van der Waals surface area (Å²) in [6.45, 7) is 4.74. The van der Waals surface area contributed by atoms with Crippen molar-refractivity contribution in [3.63, 3.8) is 0 Å². The molecule has 0 saturated heterocycles. The predicted octanol–water partition coefficient (Wildman–Crippen LogP) is 2.05. The normalized spacial score (nSPS) is 11.5. The van der Waals surface area contributed by atoms with Crippen LogP contribution < -0.4 is 10.3 Å². The van der Waals surface area contributed by atoms with Crippen molar-refractivity contribution in [1.82, 2.24) is 4.31 Å². The third-order valence-electron chi connectivity index (χ3n) is 3.77. The van der Waals surface area contributed by atoms with E-state index in [0.717, 1.165) is 5.56 Å². The summed E-state index contributed by atoms with van der Waals surface area (Å²) in [5.41, 5.74) is 0.758. The van der Waals surface area contributed by atoms with Crippen molar-refractivity contribution >= 4 is 21.5 Å². The van der Waals surface area contributed by atoms with Gasteiger partial charge >= 0.3 is 11.5 Å². The van der Waals surface area contributed by atoms with Gasteiger partial charge in [-0.25, -0.2) is 13.4 Å². The van der Waals surface area contributed by atoms with Crippen LogP contribution in [0.3, 0.4) is 0 Å². The standard InChI is InChI=1S/C16H20N4O4S/c1-3-19(4-2)25(23,24)14-9-7-13(8-10-14)12-18-16-15(20(21)22)6-5-11-17-16/h5-11H,3-4,12H2,1-2H3,(H,17,18)/p+1. The van der Waals surface area contributed by atoms with Crippen LogP contribution >= 0.6 is 0 Å². The largest absolute Gasteiger partial charge is 0.357 e. The summed E-state index contributed by atoms with van der Waals surface area (Å²) in [5.74, 6) is 0.298. The highest BCUT2D eigenvalue weighted by molar-refractivity contribution is 7.89. The molecule has 2 rings (SSSR count). The molecule has 0 unspecified atom stereocenters. The average Bonchev–Trinajstić information content (AvgIpc) is 2.61. The van der Waals surface area contributed by atoms with Crippen molar-refractivity contribution in [2.24, 2.45) is 0 Å². The van der Waals surface area contributed by atoms with Gasteiger partial charge in [0.05, 0.1) is 16.0 Å². The van der Waals surface area contributed by atoms with Crippen molar-refractivity contribution in [1.29, 1.82) is 0 Å². The predicted molar refractivity (Wildman–Crippen MR) is 93.5 cm³/mol. The van der Waals surface area contributed by atoms with Gasteiger partial charge in [0.2, 0.25) is 10.0 Å². The van der Waals surface area contributed by atoms with E-state index < -0.39 is 14.9 Å². The Kier molecular flexibility index (Phi) is 6.05. The Balaban J connectivity index is 2.13. The molecular formula is C16H21N4O4S+. The molecule has 2 aromatic rings. The molecule has 0 aliphatic rings. The fraction of sp³-hybridized carbons (Fsp3) is 0.312. The summed E-state index contributed by atoms with van der Waals surface area (Å²) in [6, 6.07) is 9.44. The third-order valence-corrected chi connectivity index (χ3v) is 5.83. The van der Waals surface area contributed by atoms with Crippen LogP contribution in [0.25, 0.3) is 0 Å². The lowest BCUT2D eigenvalue weighted by Gasteiger charge is -2.18. The molecule has 0 spiro atoms. The molecule has 9 heteroatoms. The van der Waals surface area contributed by atoms with Gasteiger partial charge in [0.15, 0.2) is 0 Å². The Morgan fingerprint density at radius 2 is 1.80 bits per heavy atom. The third kappa shape index (κ3) is 4.31. The topological polar surface area (TPSA) is 107 Å². The first-order valence-corrected chi connectivity index (χ1v) is 9.32. The number of nitro groups is 1. The Morgan fingerprint density at radius 3 is 2.36 bits per heavy atom. The number of aromatic nitrogens is 1. The van der Waals surface area contributed by atoms with E-state index in [-0.39, 0.29) is 10.6 Å². The Bertz CT molecular complexity index is 833. The van der Waals surface area contributed by atoms with Gasteiger partial charge in [-0.2, -0.15) is 4.31 Å². The van der Waals surface area contributed by atoms with Crippen LogP contribution in [0.4, 0.5) is 11.5 Å². The lowest BCUT2D eigenvalue weighted by Crippen LogP contribution is -2.30. The smallest absolute Gasteiger partial charge is 0.264 e. The Hall–Kier alpha value is -2.52. The summed E-state index contributed by atoms with van der Waals surface area (Å²) >= 11 is 0. The number of nitrogens with one attached hydrogen (secondary N) is 2. The lowest BCUT2D eigenvalue weighted by molar-refractivity contribution is -0.409. The van der Waals surface area contributed by atoms with Gasteiger partial charge in [0.1, 0.15) is 6.54 Å². The molecule has 0 fully saturated rings. The maximum Gasteiger partial charge on any atom is 0.357 e. The van der Waals surface area contributed by atoms with E-state index in [1.807, 2.05) is 0 Å². The fourth-order valence-corrected chi connectivity index (χ4v) is 3.86. The highest BCUT2D eigenvalue weighted by atomic mass is 32.2. The minimum atomic E-state index is -3.49. The second-order valence-corrected chi connectivity index (χ2v) is 7.21. The van der Waals surface area contributed by atoms with E-state index in [2.05, 4.69) is 10.3 Å². The number of aromatic amines is 1. The number of benzene rings is 1. The van der Waals surface area contributed by atoms with E-state index in [1.165, 1.54) is 10.4 Å². The SMILES string of the molecule is CCN(CC)S(=O)(=O)c1ccc(CNc2[nH+]cccc2[N+](=O)[O-])cc1. The molecule has 25 heavy (non-hydrogen) atoms.